The molecule has 0 spiro atoms. The third-order valence-corrected chi connectivity index (χ3v) is 11.0. The normalized spacial score (nSPS) is 26.0. The highest BCUT2D eigenvalue weighted by atomic mass is 16.3. The van der Waals surface area contributed by atoms with Gasteiger partial charge in [0.05, 0.1) is 35.0 Å². The number of hydrogen-bond acceptors (Lipinski definition) is 7. The van der Waals surface area contributed by atoms with Gasteiger partial charge < -0.3 is 5.11 Å². The summed E-state index contributed by atoms with van der Waals surface area (Å²) in [6.45, 7) is 2.89. The molecule has 2 saturated heterocycles. The number of benzene rings is 4. The van der Waals surface area contributed by atoms with Crippen LogP contribution in [0.1, 0.15) is 58.9 Å². The fraction of sp³-hybridized carbons (Fsp3) is 0.250. The van der Waals surface area contributed by atoms with E-state index in [2.05, 4.69) is 0 Å². The first-order valence-electron chi connectivity index (χ1n) is 16.4. The number of allylic oxidation sites excluding steroid dienone is 2. The number of fused-ring (bicyclic) bond motifs is 5. The monoisotopic (exact) mass is 652 g/mol. The molecule has 1 saturated carbocycles. The van der Waals surface area contributed by atoms with Gasteiger partial charge in [0, 0.05) is 22.6 Å². The van der Waals surface area contributed by atoms with Gasteiger partial charge >= 0.3 is 0 Å². The van der Waals surface area contributed by atoms with Gasteiger partial charge in [-0.15, -0.1) is 0 Å². The SMILES string of the molecule is CC(=O)c1ccc(N2C(=O)[C@H]3[C@H](CC=C4[C@H]3C[C@H]3C(=O)N(c5ccc(C(C)=O)cc5)C(=O)[C@H]3[C@H]4c3c(O)ccc4ccccc34)C2=O)cc1. The molecule has 244 valence electrons. The Morgan fingerprint density at radius 3 is 1.78 bits per heavy atom. The van der Waals surface area contributed by atoms with Crippen LogP contribution in [0.4, 0.5) is 11.4 Å². The van der Waals surface area contributed by atoms with Crippen molar-refractivity contribution >= 4 is 57.3 Å². The van der Waals surface area contributed by atoms with E-state index in [1.54, 1.807) is 60.7 Å². The van der Waals surface area contributed by atoms with Crippen LogP contribution in [-0.4, -0.2) is 40.3 Å². The summed E-state index contributed by atoms with van der Waals surface area (Å²) in [6, 6.07) is 23.7. The van der Waals surface area contributed by atoms with E-state index in [0.717, 1.165) is 16.3 Å². The minimum Gasteiger partial charge on any atom is -0.508 e. The highest BCUT2D eigenvalue weighted by Crippen LogP contribution is 2.60. The van der Waals surface area contributed by atoms with Crippen LogP contribution < -0.4 is 9.80 Å². The smallest absolute Gasteiger partial charge is 0.238 e. The van der Waals surface area contributed by atoms with Gasteiger partial charge in [-0.2, -0.15) is 0 Å². The number of Topliss-reactive ketones (excluding diaryl/α,β-unsaturated/α-hetero) is 2. The van der Waals surface area contributed by atoms with E-state index in [4.69, 9.17) is 0 Å². The van der Waals surface area contributed by atoms with Crippen molar-refractivity contribution in [3.63, 3.8) is 0 Å². The van der Waals surface area contributed by atoms with Crippen LogP contribution in [0.2, 0.25) is 0 Å². The maximum absolute atomic E-state index is 14.5. The van der Waals surface area contributed by atoms with Crippen molar-refractivity contribution in [3.05, 3.63) is 113 Å². The molecule has 2 heterocycles. The number of phenols is 1. The van der Waals surface area contributed by atoms with Crippen LogP contribution in [0.5, 0.6) is 5.75 Å². The Morgan fingerprint density at radius 2 is 1.18 bits per heavy atom. The van der Waals surface area contributed by atoms with E-state index in [1.165, 1.54) is 23.6 Å². The quantitative estimate of drug-likeness (QED) is 0.159. The standard InChI is InChI=1S/C40H32N2O7/c1-20(43)22-7-12-25(13-8-22)41-37(46)29-17-16-28-30(33(29)39(41)48)19-31-36(35(28)34-27-6-4-3-5-24(27)11-18-32(34)45)40(49)42(38(31)47)26-14-9-23(10-15-26)21(2)44/h3-16,18,29-31,33,35-36,45H,17,19H2,1-2H3/t29-,30+,31+,33-,35+,36+/m0/s1. The van der Waals surface area contributed by atoms with Crippen LogP contribution in [-0.2, 0) is 19.2 Å². The predicted octanol–water partition coefficient (Wildman–Crippen LogP) is 6.00. The second kappa shape index (κ2) is 11.2. The third kappa shape index (κ3) is 4.52. The van der Waals surface area contributed by atoms with E-state index in [-0.39, 0.29) is 42.0 Å². The number of anilines is 2. The number of ketones is 2. The Hall–Kier alpha value is -5.70. The lowest BCUT2D eigenvalue weighted by Crippen LogP contribution is -2.43. The lowest BCUT2D eigenvalue weighted by molar-refractivity contribution is -0.126. The van der Waals surface area contributed by atoms with E-state index in [9.17, 15) is 33.9 Å². The van der Waals surface area contributed by atoms with Gasteiger partial charge in [0.1, 0.15) is 5.75 Å². The van der Waals surface area contributed by atoms with E-state index < -0.39 is 47.3 Å². The van der Waals surface area contributed by atoms with Crippen LogP contribution in [0.15, 0.2) is 96.6 Å². The molecule has 0 radical (unpaired) electrons. The summed E-state index contributed by atoms with van der Waals surface area (Å²) in [5, 5.41) is 13.1. The molecule has 0 bridgehead atoms. The van der Waals surface area contributed by atoms with Crippen LogP contribution in [0.25, 0.3) is 10.8 Å². The molecule has 2 aliphatic carbocycles. The lowest BCUT2D eigenvalue weighted by Gasteiger charge is -2.44. The average Bonchev–Trinajstić information content (AvgIpc) is 3.51. The highest BCUT2D eigenvalue weighted by molar-refractivity contribution is 6.24. The van der Waals surface area contributed by atoms with Crippen LogP contribution in [0, 0.1) is 29.6 Å². The Bertz CT molecular complexity index is 2170. The largest absolute Gasteiger partial charge is 0.508 e. The molecular weight excluding hydrogens is 620 g/mol. The molecule has 4 aliphatic rings. The highest BCUT2D eigenvalue weighted by Gasteiger charge is 2.62. The lowest BCUT2D eigenvalue weighted by atomic mass is 9.56. The first-order valence-corrected chi connectivity index (χ1v) is 16.4. The molecule has 4 amide bonds. The molecule has 8 rings (SSSR count). The maximum Gasteiger partial charge on any atom is 0.238 e. The summed E-state index contributed by atoms with van der Waals surface area (Å²) >= 11 is 0. The number of phenolic OH excluding ortho intramolecular Hbond substituents is 1. The zero-order valence-electron chi connectivity index (χ0n) is 26.8. The van der Waals surface area contributed by atoms with E-state index in [1.807, 2.05) is 30.3 Å². The second-order valence-corrected chi connectivity index (χ2v) is 13.5. The molecule has 6 atom stereocenters. The van der Waals surface area contributed by atoms with Gasteiger partial charge in [0.25, 0.3) is 0 Å². The zero-order valence-corrected chi connectivity index (χ0v) is 26.8. The summed E-state index contributed by atoms with van der Waals surface area (Å²) in [5.74, 6) is -6.23. The zero-order chi connectivity index (χ0) is 34.3. The fourth-order valence-corrected chi connectivity index (χ4v) is 8.72. The first kappa shape index (κ1) is 30.6. The number of imide groups is 2. The molecule has 0 unspecified atom stereocenters. The predicted molar refractivity (Wildman–Crippen MR) is 181 cm³/mol. The summed E-state index contributed by atoms with van der Waals surface area (Å²) in [6.07, 6.45) is 2.40. The van der Waals surface area contributed by atoms with Crippen molar-refractivity contribution in [3.8, 4) is 5.75 Å². The topological polar surface area (TPSA) is 129 Å². The number of carbonyl (C=O) groups is 6. The van der Waals surface area contributed by atoms with Gasteiger partial charge in [0.15, 0.2) is 11.6 Å². The van der Waals surface area contributed by atoms with Crippen molar-refractivity contribution in [2.45, 2.75) is 32.6 Å². The van der Waals surface area contributed by atoms with Crippen molar-refractivity contribution in [2.75, 3.05) is 9.80 Å². The number of rotatable bonds is 5. The van der Waals surface area contributed by atoms with Gasteiger partial charge in [-0.3, -0.25) is 38.6 Å². The van der Waals surface area contributed by atoms with Gasteiger partial charge in [-0.25, -0.2) is 0 Å². The van der Waals surface area contributed by atoms with E-state index in [0.29, 0.717) is 28.1 Å². The Morgan fingerprint density at radius 1 is 0.633 bits per heavy atom. The van der Waals surface area contributed by atoms with Gasteiger partial charge in [-0.1, -0.05) is 42.0 Å². The molecule has 4 aromatic rings. The Kier molecular flexibility index (Phi) is 6.99. The third-order valence-electron chi connectivity index (χ3n) is 11.0. The number of amides is 4. The molecule has 49 heavy (non-hydrogen) atoms. The number of hydrogen-bond donors (Lipinski definition) is 1. The molecule has 0 aromatic heterocycles. The van der Waals surface area contributed by atoms with Crippen molar-refractivity contribution in [1.82, 2.24) is 0 Å². The van der Waals surface area contributed by atoms with Crippen molar-refractivity contribution in [2.24, 2.45) is 29.6 Å². The molecular formula is C40H32N2O7. The maximum atomic E-state index is 14.5. The molecule has 1 N–H and O–H groups in total. The summed E-state index contributed by atoms with van der Waals surface area (Å²) < 4.78 is 0. The summed E-state index contributed by atoms with van der Waals surface area (Å²) in [5.41, 5.74) is 2.93. The second-order valence-electron chi connectivity index (χ2n) is 13.5. The molecule has 4 aromatic carbocycles. The fourth-order valence-electron chi connectivity index (χ4n) is 8.72. The van der Waals surface area contributed by atoms with E-state index >= 15 is 0 Å². The van der Waals surface area contributed by atoms with Crippen LogP contribution >= 0.6 is 0 Å². The average molecular weight is 653 g/mol. The summed E-state index contributed by atoms with van der Waals surface area (Å²) in [7, 11) is 0. The van der Waals surface area contributed by atoms with Gasteiger partial charge in [-0.05, 0) is 98.0 Å². The summed E-state index contributed by atoms with van der Waals surface area (Å²) in [4.78, 5) is 83.3. The molecule has 2 aliphatic heterocycles. The Balaban J connectivity index is 1.26. The Labute approximate surface area is 281 Å². The van der Waals surface area contributed by atoms with Crippen molar-refractivity contribution in [1.29, 1.82) is 0 Å². The van der Waals surface area contributed by atoms with Gasteiger partial charge in [0.2, 0.25) is 23.6 Å². The molecule has 9 heteroatoms. The minimum atomic E-state index is -0.863. The molecule has 9 nitrogen and oxygen atoms in total. The number of aromatic hydroxyl groups is 1. The minimum absolute atomic E-state index is 0.0170. The first-order chi connectivity index (χ1) is 23.6. The van der Waals surface area contributed by atoms with Crippen LogP contribution in [0.3, 0.4) is 0 Å². The van der Waals surface area contributed by atoms with Crippen molar-refractivity contribution < 1.29 is 33.9 Å². The number of nitrogens with zero attached hydrogens (tertiary/aromatic N) is 2. The number of carbonyl (C=O) groups excluding carboxylic acids is 6. The molecule has 3 fully saturated rings.